The number of hydrogen-bond donors (Lipinski definition) is 2. The quantitative estimate of drug-likeness (QED) is 0.797. The highest BCUT2D eigenvalue weighted by Crippen LogP contribution is 2.30. The SMILES string of the molecule is COc1cccc(C[NH+]2CC[NH+](C3CCCC3)CC2)c1OC. The summed E-state index contributed by atoms with van der Waals surface area (Å²) in [5.74, 6) is 1.75. The second kappa shape index (κ2) is 7.34. The average Bonchev–Trinajstić information content (AvgIpc) is 3.09. The molecule has 1 aromatic carbocycles. The van der Waals surface area contributed by atoms with Crippen LogP contribution in [0.2, 0.25) is 0 Å². The molecule has 0 amide bonds. The highest BCUT2D eigenvalue weighted by molar-refractivity contribution is 5.46. The number of rotatable bonds is 5. The van der Waals surface area contributed by atoms with Crippen LogP contribution >= 0.6 is 0 Å². The molecule has 0 aromatic heterocycles. The highest BCUT2D eigenvalue weighted by Gasteiger charge is 2.31. The Hall–Kier alpha value is -1.26. The number of para-hydroxylation sites is 1. The summed E-state index contributed by atoms with van der Waals surface area (Å²) in [5.41, 5.74) is 1.26. The smallest absolute Gasteiger partial charge is 0.169 e. The van der Waals surface area contributed by atoms with Crippen molar-refractivity contribution < 1.29 is 19.3 Å². The van der Waals surface area contributed by atoms with Crippen LogP contribution in [0.25, 0.3) is 0 Å². The Bertz CT molecular complexity index is 478. The van der Waals surface area contributed by atoms with Gasteiger partial charge in [0.05, 0.1) is 25.8 Å². The summed E-state index contributed by atoms with van der Waals surface area (Å²) >= 11 is 0. The molecule has 0 unspecified atom stereocenters. The lowest BCUT2D eigenvalue weighted by atomic mass is 10.1. The zero-order valence-corrected chi connectivity index (χ0v) is 14.0. The molecule has 1 saturated carbocycles. The first-order valence-corrected chi connectivity index (χ1v) is 8.70. The summed E-state index contributed by atoms with van der Waals surface area (Å²) in [6, 6.07) is 7.16. The second-order valence-electron chi connectivity index (χ2n) is 6.72. The predicted octanol–water partition coefficient (Wildman–Crippen LogP) is -0.0702. The van der Waals surface area contributed by atoms with Gasteiger partial charge in [0.1, 0.15) is 32.7 Å². The van der Waals surface area contributed by atoms with Gasteiger partial charge in [-0.1, -0.05) is 6.07 Å². The lowest BCUT2D eigenvalue weighted by Gasteiger charge is -2.33. The van der Waals surface area contributed by atoms with Crippen molar-refractivity contribution in [1.82, 2.24) is 0 Å². The van der Waals surface area contributed by atoms with Crippen molar-refractivity contribution in [2.45, 2.75) is 38.3 Å². The Morgan fingerprint density at radius 3 is 2.36 bits per heavy atom. The Labute approximate surface area is 134 Å². The van der Waals surface area contributed by atoms with E-state index >= 15 is 0 Å². The van der Waals surface area contributed by atoms with Gasteiger partial charge in [0.2, 0.25) is 0 Å². The van der Waals surface area contributed by atoms with Crippen LogP contribution in [-0.4, -0.2) is 46.4 Å². The van der Waals surface area contributed by atoms with E-state index in [2.05, 4.69) is 12.1 Å². The molecule has 0 bridgehead atoms. The van der Waals surface area contributed by atoms with Crippen molar-refractivity contribution >= 4 is 0 Å². The molecule has 0 radical (unpaired) electrons. The maximum atomic E-state index is 5.57. The first-order chi connectivity index (χ1) is 10.8. The Kier molecular flexibility index (Phi) is 5.21. The van der Waals surface area contributed by atoms with Crippen molar-refractivity contribution in [3.05, 3.63) is 23.8 Å². The third-order valence-corrected chi connectivity index (χ3v) is 5.46. The van der Waals surface area contributed by atoms with E-state index in [-0.39, 0.29) is 0 Å². The highest BCUT2D eigenvalue weighted by atomic mass is 16.5. The summed E-state index contributed by atoms with van der Waals surface area (Å²) in [5, 5.41) is 0. The fraction of sp³-hybridized carbons (Fsp3) is 0.667. The summed E-state index contributed by atoms with van der Waals surface area (Å²) < 4.78 is 11.0. The number of quaternary nitrogens is 2. The third kappa shape index (κ3) is 3.39. The molecule has 1 saturated heterocycles. The molecule has 2 fully saturated rings. The number of hydrogen-bond acceptors (Lipinski definition) is 2. The molecule has 1 aliphatic carbocycles. The molecule has 1 aliphatic heterocycles. The molecule has 1 aromatic rings. The minimum absolute atomic E-state index is 0.842. The lowest BCUT2D eigenvalue weighted by Crippen LogP contribution is -3.29. The van der Waals surface area contributed by atoms with Gasteiger partial charge < -0.3 is 19.3 Å². The fourth-order valence-electron chi connectivity index (χ4n) is 4.21. The molecular formula is C18H30N2O2+2. The molecule has 3 rings (SSSR count). The minimum Gasteiger partial charge on any atom is -0.493 e. The molecule has 2 N–H and O–H groups in total. The molecule has 1 heterocycles. The summed E-state index contributed by atoms with van der Waals surface area (Å²) in [7, 11) is 3.44. The first kappa shape index (κ1) is 15.6. The summed E-state index contributed by atoms with van der Waals surface area (Å²) in [6.07, 6.45) is 5.81. The van der Waals surface area contributed by atoms with E-state index in [1.54, 1.807) is 19.1 Å². The first-order valence-electron chi connectivity index (χ1n) is 8.70. The number of benzene rings is 1. The molecular weight excluding hydrogens is 276 g/mol. The predicted molar refractivity (Wildman–Crippen MR) is 86.9 cm³/mol. The van der Waals surface area contributed by atoms with Crippen LogP contribution in [0, 0.1) is 0 Å². The van der Waals surface area contributed by atoms with E-state index in [0.717, 1.165) is 24.1 Å². The van der Waals surface area contributed by atoms with Crippen LogP contribution in [0.4, 0.5) is 0 Å². The maximum Gasteiger partial charge on any atom is 0.169 e. The van der Waals surface area contributed by atoms with Crippen molar-refractivity contribution in [3.63, 3.8) is 0 Å². The summed E-state index contributed by atoms with van der Waals surface area (Å²) in [6.45, 7) is 6.23. The second-order valence-corrected chi connectivity index (χ2v) is 6.72. The van der Waals surface area contributed by atoms with Crippen molar-refractivity contribution in [1.29, 1.82) is 0 Å². The van der Waals surface area contributed by atoms with Gasteiger partial charge in [-0.2, -0.15) is 0 Å². The Morgan fingerprint density at radius 1 is 1.00 bits per heavy atom. The molecule has 4 nitrogen and oxygen atoms in total. The van der Waals surface area contributed by atoms with Gasteiger partial charge in [-0.05, 0) is 37.8 Å². The van der Waals surface area contributed by atoms with Crippen LogP contribution in [0.5, 0.6) is 11.5 Å². The number of nitrogens with one attached hydrogen (secondary N) is 2. The molecule has 22 heavy (non-hydrogen) atoms. The van der Waals surface area contributed by atoms with Gasteiger partial charge in [-0.25, -0.2) is 0 Å². The van der Waals surface area contributed by atoms with E-state index in [9.17, 15) is 0 Å². The van der Waals surface area contributed by atoms with E-state index in [1.807, 2.05) is 11.0 Å². The van der Waals surface area contributed by atoms with E-state index in [1.165, 1.54) is 57.4 Å². The van der Waals surface area contributed by atoms with Gasteiger partial charge in [-0.15, -0.1) is 0 Å². The Morgan fingerprint density at radius 2 is 1.73 bits per heavy atom. The summed E-state index contributed by atoms with van der Waals surface area (Å²) in [4.78, 5) is 3.53. The average molecular weight is 306 g/mol. The van der Waals surface area contributed by atoms with Gasteiger partial charge in [-0.3, -0.25) is 0 Å². The van der Waals surface area contributed by atoms with Crippen molar-refractivity contribution in [2.75, 3.05) is 40.4 Å². The molecule has 0 spiro atoms. The minimum atomic E-state index is 0.842. The van der Waals surface area contributed by atoms with Crippen molar-refractivity contribution in [2.24, 2.45) is 0 Å². The number of piperazine rings is 1. The van der Waals surface area contributed by atoms with Crippen LogP contribution in [0.1, 0.15) is 31.2 Å². The van der Waals surface area contributed by atoms with Gasteiger partial charge >= 0.3 is 0 Å². The lowest BCUT2D eigenvalue weighted by molar-refractivity contribution is -1.03. The molecule has 4 heteroatoms. The van der Waals surface area contributed by atoms with Gasteiger partial charge in [0, 0.05) is 0 Å². The molecule has 2 aliphatic rings. The van der Waals surface area contributed by atoms with Gasteiger partial charge in [0.15, 0.2) is 11.5 Å². The Balaban J connectivity index is 1.58. The van der Waals surface area contributed by atoms with Crippen LogP contribution in [0.3, 0.4) is 0 Å². The van der Waals surface area contributed by atoms with E-state index in [4.69, 9.17) is 9.47 Å². The maximum absolute atomic E-state index is 5.57. The van der Waals surface area contributed by atoms with Crippen LogP contribution in [-0.2, 0) is 6.54 Å². The van der Waals surface area contributed by atoms with Crippen molar-refractivity contribution in [3.8, 4) is 11.5 Å². The zero-order chi connectivity index (χ0) is 15.4. The van der Waals surface area contributed by atoms with Gasteiger partial charge in [0.25, 0.3) is 0 Å². The normalized spacial score (nSPS) is 26.1. The topological polar surface area (TPSA) is 27.3 Å². The zero-order valence-electron chi connectivity index (χ0n) is 14.0. The monoisotopic (exact) mass is 306 g/mol. The number of methoxy groups -OCH3 is 2. The standard InChI is InChI=1S/C18H28N2O2/c1-21-17-9-5-6-15(18(17)22-2)14-19-10-12-20(13-11-19)16-7-3-4-8-16/h5-6,9,16H,3-4,7-8,10-14H2,1-2H3/p+2. The van der Waals surface area contributed by atoms with E-state index < -0.39 is 0 Å². The fourth-order valence-corrected chi connectivity index (χ4v) is 4.21. The van der Waals surface area contributed by atoms with Crippen LogP contribution in [0.15, 0.2) is 18.2 Å². The third-order valence-electron chi connectivity index (χ3n) is 5.46. The van der Waals surface area contributed by atoms with E-state index in [0.29, 0.717) is 0 Å². The molecule has 0 atom stereocenters. The van der Waals surface area contributed by atoms with Crippen LogP contribution < -0.4 is 19.3 Å². The number of ether oxygens (including phenoxy) is 2. The largest absolute Gasteiger partial charge is 0.493 e. The molecule has 122 valence electrons.